The van der Waals surface area contributed by atoms with Crippen molar-refractivity contribution >= 4 is 0 Å². The van der Waals surface area contributed by atoms with E-state index in [1.165, 1.54) is 5.57 Å². The topological polar surface area (TPSA) is 166 Å². The van der Waals surface area contributed by atoms with Crippen molar-refractivity contribution in [3.05, 3.63) is 24.0 Å². The summed E-state index contributed by atoms with van der Waals surface area (Å²) in [5.74, 6) is 2.44. The number of hydrogen-bond acceptors (Lipinski definition) is 12. The Labute approximate surface area is 320 Å². The third-order valence-electron chi connectivity index (χ3n) is 15.9. The van der Waals surface area contributed by atoms with Gasteiger partial charge in [-0.2, -0.15) is 0 Å². The molecule has 0 bridgehead atoms. The number of rotatable bonds is 7. The standard InChI is InChI=1S/C42H66O12/c1-21-15-25(20-48-21)28-11-14-42(47)30-8-7-26-16-27(9-12-40(26,5)29(30)10-13-41(28,42)6)52-34-18-32(44)38(23(3)50-34)54-36-19-33(45)39(24(4)51-36)53-35-17-31(43)37(46)22(2)49-35/h15,22-24,26-39,43-47H,1,7-14,16-20H2,2-6H3/t22-,23+,24+,26+,27-,28+,29-,30?,31-,32-,33-,34-,35-,36-,37+,38+,39+,40-,41+,42-/m0/s1. The minimum absolute atomic E-state index is 0.0480. The fraction of sp³-hybridized carbons (Fsp3) is 0.905. The first-order valence-corrected chi connectivity index (χ1v) is 21.0. The van der Waals surface area contributed by atoms with Gasteiger partial charge in [-0.15, -0.1) is 0 Å². The van der Waals surface area contributed by atoms with Gasteiger partial charge in [0.15, 0.2) is 18.9 Å². The van der Waals surface area contributed by atoms with E-state index in [1.54, 1.807) is 13.8 Å². The van der Waals surface area contributed by atoms with E-state index in [2.05, 4.69) is 26.5 Å². The lowest BCUT2D eigenvalue weighted by Crippen LogP contribution is -2.62. The molecule has 0 radical (unpaired) electrons. The zero-order valence-corrected chi connectivity index (χ0v) is 32.9. The van der Waals surface area contributed by atoms with Gasteiger partial charge in [0.25, 0.3) is 0 Å². The largest absolute Gasteiger partial charge is 0.490 e. The summed E-state index contributed by atoms with van der Waals surface area (Å²) in [6.45, 7) is 14.8. The van der Waals surface area contributed by atoms with Crippen LogP contribution in [0.4, 0.5) is 0 Å². The van der Waals surface area contributed by atoms with Crippen LogP contribution < -0.4 is 0 Å². The van der Waals surface area contributed by atoms with Crippen molar-refractivity contribution in [1.82, 2.24) is 0 Å². The lowest BCUT2D eigenvalue weighted by atomic mass is 9.43. The third kappa shape index (κ3) is 6.84. The quantitative estimate of drug-likeness (QED) is 0.235. The van der Waals surface area contributed by atoms with E-state index in [1.807, 2.05) is 6.92 Å². The summed E-state index contributed by atoms with van der Waals surface area (Å²) in [5.41, 5.74) is 0.698. The van der Waals surface area contributed by atoms with E-state index in [9.17, 15) is 25.5 Å². The van der Waals surface area contributed by atoms with Gasteiger partial charge in [-0.25, -0.2) is 0 Å². The maximum absolute atomic E-state index is 12.6. The van der Waals surface area contributed by atoms with Crippen LogP contribution in [0.5, 0.6) is 0 Å². The van der Waals surface area contributed by atoms with Gasteiger partial charge < -0.3 is 58.7 Å². The number of aliphatic hydroxyl groups excluding tert-OH is 4. The molecule has 12 heteroatoms. The Kier molecular flexibility index (Phi) is 10.9. The van der Waals surface area contributed by atoms with Crippen LogP contribution in [0.1, 0.15) is 112 Å². The molecule has 12 nitrogen and oxygen atoms in total. The molecule has 0 spiro atoms. The Morgan fingerprint density at radius 1 is 0.685 bits per heavy atom. The molecule has 8 rings (SSSR count). The Morgan fingerprint density at radius 2 is 1.30 bits per heavy atom. The average Bonchev–Trinajstić information content (AvgIpc) is 3.66. The van der Waals surface area contributed by atoms with Crippen molar-refractivity contribution in [3.8, 4) is 0 Å². The Balaban J connectivity index is 0.826. The summed E-state index contributed by atoms with van der Waals surface area (Å²) in [4.78, 5) is 0. The second-order valence-corrected chi connectivity index (χ2v) is 18.9. The monoisotopic (exact) mass is 762 g/mol. The van der Waals surface area contributed by atoms with E-state index < -0.39 is 79.4 Å². The van der Waals surface area contributed by atoms with Gasteiger partial charge in [-0.1, -0.05) is 20.4 Å². The predicted molar refractivity (Wildman–Crippen MR) is 195 cm³/mol. The van der Waals surface area contributed by atoms with Crippen LogP contribution >= 0.6 is 0 Å². The minimum Gasteiger partial charge on any atom is -0.490 e. The third-order valence-corrected chi connectivity index (χ3v) is 15.9. The highest BCUT2D eigenvalue weighted by molar-refractivity contribution is 5.30. The first kappa shape index (κ1) is 39.7. The van der Waals surface area contributed by atoms with Gasteiger partial charge in [0, 0.05) is 24.7 Å². The first-order chi connectivity index (χ1) is 25.6. The summed E-state index contributed by atoms with van der Waals surface area (Å²) >= 11 is 0. The molecule has 8 aliphatic rings. The lowest BCUT2D eigenvalue weighted by Gasteiger charge is -2.64. The van der Waals surface area contributed by atoms with Gasteiger partial charge >= 0.3 is 0 Å². The molecule has 54 heavy (non-hydrogen) atoms. The summed E-state index contributed by atoms with van der Waals surface area (Å²) in [6, 6.07) is 0. The van der Waals surface area contributed by atoms with Crippen molar-refractivity contribution in [2.24, 2.45) is 34.5 Å². The number of hydrogen-bond donors (Lipinski definition) is 5. The molecule has 4 heterocycles. The van der Waals surface area contributed by atoms with Crippen molar-refractivity contribution in [1.29, 1.82) is 0 Å². The van der Waals surface area contributed by atoms with Crippen molar-refractivity contribution in [3.63, 3.8) is 0 Å². The number of fused-ring (bicyclic) bond motifs is 5. The average molecular weight is 763 g/mol. The number of aliphatic hydroxyl groups is 5. The van der Waals surface area contributed by atoms with Crippen LogP contribution in [-0.4, -0.2) is 118 Å². The van der Waals surface area contributed by atoms with E-state index in [-0.39, 0.29) is 36.2 Å². The molecule has 7 fully saturated rings. The van der Waals surface area contributed by atoms with Crippen LogP contribution in [0.2, 0.25) is 0 Å². The molecule has 306 valence electrons. The van der Waals surface area contributed by atoms with Crippen LogP contribution in [0.15, 0.2) is 24.0 Å². The summed E-state index contributed by atoms with van der Waals surface area (Å²) in [7, 11) is 0. The highest BCUT2D eigenvalue weighted by Gasteiger charge is 2.67. The van der Waals surface area contributed by atoms with Gasteiger partial charge in [0.05, 0.1) is 48.3 Å². The normalized spacial score (nSPS) is 55.0. The highest BCUT2D eigenvalue weighted by Crippen LogP contribution is 2.70. The molecule has 0 aromatic rings. The SMILES string of the molecule is C=C1C=C([C@H]2CC[C@]3(O)C4CC[C@@H]5C[C@@H](O[C@H]6C[C@H](O)[C@H](O[C@H]7C[C@H](O)[C@H](O[C@H]8C[C@H](O)[C@H](O)[C@H](C)O8)[C@@H](C)O7)[C@@H](C)O6)CC[C@]5(C)[C@H]4CC[C@]23C)CO1. The smallest absolute Gasteiger partial charge is 0.161 e. The van der Waals surface area contributed by atoms with Crippen molar-refractivity contribution in [2.75, 3.05) is 6.61 Å². The molecule has 1 unspecified atom stereocenters. The molecular weight excluding hydrogens is 696 g/mol. The Hall–Kier alpha value is -1.16. The highest BCUT2D eigenvalue weighted by atomic mass is 16.7. The van der Waals surface area contributed by atoms with Crippen LogP contribution in [-0.2, 0) is 33.2 Å². The van der Waals surface area contributed by atoms with Gasteiger partial charge in [-0.05, 0) is 119 Å². The Bertz CT molecular complexity index is 1370. The molecule has 20 atom stereocenters. The molecule has 4 saturated carbocycles. The van der Waals surface area contributed by atoms with Gasteiger partial charge in [-0.3, -0.25) is 0 Å². The molecule has 0 amide bonds. The zero-order chi connectivity index (χ0) is 38.3. The summed E-state index contributed by atoms with van der Waals surface area (Å²) < 4.78 is 42.7. The molecular formula is C42H66O12. The molecule has 0 aromatic heterocycles. The minimum atomic E-state index is -0.991. The number of ether oxygens (including phenoxy) is 7. The molecule has 3 saturated heterocycles. The molecule has 4 aliphatic carbocycles. The van der Waals surface area contributed by atoms with E-state index in [0.717, 1.165) is 63.5 Å². The van der Waals surface area contributed by atoms with Crippen molar-refractivity contribution < 1.29 is 58.7 Å². The van der Waals surface area contributed by atoms with Gasteiger partial charge in [0.2, 0.25) is 0 Å². The zero-order valence-electron chi connectivity index (χ0n) is 32.9. The fourth-order valence-corrected chi connectivity index (χ4v) is 12.9. The maximum atomic E-state index is 12.6. The van der Waals surface area contributed by atoms with Crippen LogP contribution in [0, 0.1) is 34.5 Å². The van der Waals surface area contributed by atoms with Crippen molar-refractivity contribution in [2.45, 2.75) is 197 Å². The first-order valence-electron chi connectivity index (χ1n) is 21.0. The molecule has 5 N–H and O–H groups in total. The fourth-order valence-electron chi connectivity index (χ4n) is 12.9. The lowest BCUT2D eigenvalue weighted by molar-refractivity contribution is -0.336. The molecule has 0 aromatic carbocycles. The second kappa shape index (κ2) is 14.9. The van der Waals surface area contributed by atoms with Gasteiger partial charge in [0.1, 0.15) is 30.7 Å². The van der Waals surface area contributed by atoms with Crippen LogP contribution in [0.3, 0.4) is 0 Å². The predicted octanol–water partition coefficient (Wildman–Crippen LogP) is 4.23. The molecule has 4 aliphatic heterocycles. The maximum Gasteiger partial charge on any atom is 0.161 e. The summed E-state index contributed by atoms with van der Waals surface area (Å²) in [6.07, 6.45) is 3.03. The van der Waals surface area contributed by atoms with E-state index in [0.29, 0.717) is 30.3 Å². The summed E-state index contributed by atoms with van der Waals surface area (Å²) in [5, 5.41) is 55.1. The second-order valence-electron chi connectivity index (χ2n) is 18.9. The Morgan fingerprint density at radius 3 is 1.89 bits per heavy atom. The van der Waals surface area contributed by atoms with Crippen LogP contribution in [0.25, 0.3) is 0 Å². The number of allylic oxidation sites excluding steroid dienone is 1. The van der Waals surface area contributed by atoms with E-state index in [4.69, 9.17) is 33.2 Å². The van der Waals surface area contributed by atoms with E-state index >= 15 is 0 Å².